The average molecular weight is 432 g/mol. The van der Waals surface area contributed by atoms with E-state index in [0.717, 1.165) is 33.6 Å². The van der Waals surface area contributed by atoms with Crippen LogP contribution in [-0.2, 0) is 5.60 Å². The molecule has 0 spiro atoms. The van der Waals surface area contributed by atoms with E-state index in [1.807, 2.05) is 43.3 Å². The number of nitrogens with one attached hydrogen (secondary N) is 1. The third kappa shape index (κ3) is 3.48. The zero-order valence-electron chi connectivity index (χ0n) is 18.2. The molecule has 6 nitrogen and oxygen atoms in total. The van der Waals surface area contributed by atoms with Crippen LogP contribution in [0.1, 0.15) is 54.1 Å². The van der Waals surface area contributed by atoms with Crippen molar-refractivity contribution in [2.45, 2.75) is 38.5 Å². The summed E-state index contributed by atoms with van der Waals surface area (Å²) in [5, 5.41) is 29.0. The van der Waals surface area contributed by atoms with Crippen molar-refractivity contribution < 1.29 is 14.6 Å². The lowest BCUT2D eigenvalue weighted by Gasteiger charge is -2.28. The van der Waals surface area contributed by atoms with Gasteiger partial charge < -0.3 is 15.5 Å². The summed E-state index contributed by atoms with van der Waals surface area (Å²) in [4.78, 5) is 4.64. The van der Waals surface area contributed by atoms with Crippen LogP contribution >= 0.6 is 0 Å². The standard InChI is InChI=1S/C25H25FN4O2/c1-14-12-17(26)8-9-18(14)22-24-23(20(31)13-27-22)28-21-11-10-19(29-30(21)24)15-4-6-16(7-5-15)25(2,3)32/h4-12,20,22,27,31-32H,13H2,1-3H3/t20-,22-/m1/s1. The average Bonchev–Trinajstić information content (AvgIpc) is 3.14. The summed E-state index contributed by atoms with van der Waals surface area (Å²) in [7, 11) is 0. The van der Waals surface area contributed by atoms with Crippen LogP contribution in [0.5, 0.6) is 0 Å². The second-order valence-corrected chi connectivity index (χ2v) is 8.87. The zero-order valence-corrected chi connectivity index (χ0v) is 18.2. The van der Waals surface area contributed by atoms with Gasteiger partial charge in [0.2, 0.25) is 0 Å². The molecule has 0 bridgehead atoms. The van der Waals surface area contributed by atoms with E-state index < -0.39 is 11.7 Å². The molecule has 0 unspecified atom stereocenters. The van der Waals surface area contributed by atoms with Crippen molar-refractivity contribution in [2.75, 3.05) is 6.54 Å². The fourth-order valence-electron chi connectivity index (χ4n) is 4.33. The molecule has 0 aliphatic carbocycles. The van der Waals surface area contributed by atoms with Gasteiger partial charge in [-0.3, -0.25) is 0 Å². The summed E-state index contributed by atoms with van der Waals surface area (Å²) in [5.41, 5.74) is 5.27. The summed E-state index contributed by atoms with van der Waals surface area (Å²) in [6, 6.07) is 15.9. The van der Waals surface area contributed by atoms with Gasteiger partial charge >= 0.3 is 0 Å². The van der Waals surface area contributed by atoms with Gasteiger partial charge in [-0.25, -0.2) is 13.9 Å². The Morgan fingerprint density at radius 2 is 1.84 bits per heavy atom. The Labute approximate surface area is 185 Å². The number of fused-ring (bicyclic) bond motifs is 3. The van der Waals surface area contributed by atoms with E-state index in [1.54, 1.807) is 24.4 Å². The third-order valence-corrected chi connectivity index (χ3v) is 6.07. The molecular weight excluding hydrogens is 407 g/mol. The van der Waals surface area contributed by atoms with Gasteiger partial charge in [-0.05, 0) is 61.7 Å². The number of aryl methyl sites for hydroxylation is 1. The highest BCUT2D eigenvalue weighted by Gasteiger charge is 2.33. The molecule has 2 aromatic carbocycles. The third-order valence-electron chi connectivity index (χ3n) is 6.07. The molecule has 0 saturated heterocycles. The molecule has 5 rings (SSSR count). The molecule has 2 aromatic heterocycles. The number of nitrogens with zero attached hydrogens (tertiary/aromatic N) is 3. The predicted octanol–water partition coefficient (Wildman–Crippen LogP) is 3.80. The number of halogens is 1. The van der Waals surface area contributed by atoms with Gasteiger partial charge in [0.15, 0.2) is 5.65 Å². The lowest BCUT2D eigenvalue weighted by molar-refractivity contribution is 0.0786. The lowest BCUT2D eigenvalue weighted by Crippen LogP contribution is -2.35. The van der Waals surface area contributed by atoms with Crippen LogP contribution in [0.2, 0.25) is 0 Å². The first-order chi connectivity index (χ1) is 15.2. The van der Waals surface area contributed by atoms with Crippen molar-refractivity contribution in [3.63, 3.8) is 0 Å². The Morgan fingerprint density at radius 3 is 2.53 bits per heavy atom. The predicted molar refractivity (Wildman–Crippen MR) is 120 cm³/mol. The van der Waals surface area contributed by atoms with Crippen molar-refractivity contribution in [2.24, 2.45) is 0 Å². The molecule has 0 fully saturated rings. The van der Waals surface area contributed by atoms with Gasteiger partial charge in [0, 0.05) is 12.1 Å². The van der Waals surface area contributed by atoms with Crippen LogP contribution < -0.4 is 5.32 Å². The molecule has 0 radical (unpaired) electrons. The molecule has 0 amide bonds. The summed E-state index contributed by atoms with van der Waals surface area (Å²) < 4.78 is 15.5. The topological polar surface area (TPSA) is 82.7 Å². The second-order valence-electron chi connectivity index (χ2n) is 8.87. The van der Waals surface area contributed by atoms with E-state index in [-0.39, 0.29) is 11.9 Å². The first-order valence-corrected chi connectivity index (χ1v) is 10.6. The molecule has 32 heavy (non-hydrogen) atoms. The molecule has 164 valence electrons. The molecule has 0 saturated carbocycles. The maximum absolute atomic E-state index is 13.7. The minimum atomic E-state index is -0.915. The monoisotopic (exact) mass is 432 g/mol. The molecule has 1 aliphatic rings. The van der Waals surface area contributed by atoms with E-state index in [0.29, 0.717) is 17.9 Å². The number of aliphatic hydroxyl groups excluding tert-OH is 1. The summed E-state index contributed by atoms with van der Waals surface area (Å²) >= 11 is 0. The number of aliphatic hydroxyl groups is 2. The maximum Gasteiger partial charge on any atom is 0.154 e. The highest BCUT2D eigenvalue weighted by Crippen LogP contribution is 2.35. The smallest absolute Gasteiger partial charge is 0.154 e. The lowest BCUT2D eigenvalue weighted by atomic mass is 9.93. The quantitative estimate of drug-likeness (QED) is 0.459. The van der Waals surface area contributed by atoms with Gasteiger partial charge in [0.1, 0.15) is 11.9 Å². The van der Waals surface area contributed by atoms with Crippen molar-refractivity contribution in [3.05, 3.63) is 88.5 Å². The number of β-amino-alcohol motifs (C(OH)–C–C–N with tert-alkyl or cyclic N) is 1. The number of aromatic nitrogens is 3. The Morgan fingerprint density at radius 1 is 1.09 bits per heavy atom. The number of hydrogen-bond donors (Lipinski definition) is 3. The number of hydrogen-bond acceptors (Lipinski definition) is 5. The van der Waals surface area contributed by atoms with E-state index >= 15 is 0 Å². The minimum Gasteiger partial charge on any atom is -0.386 e. The fourth-order valence-corrected chi connectivity index (χ4v) is 4.33. The van der Waals surface area contributed by atoms with Crippen molar-refractivity contribution in [1.29, 1.82) is 0 Å². The maximum atomic E-state index is 13.7. The van der Waals surface area contributed by atoms with Crippen LogP contribution in [0.4, 0.5) is 4.39 Å². The molecule has 4 aromatic rings. The van der Waals surface area contributed by atoms with Crippen LogP contribution in [0.3, 0.4) is 0 Å². The van der Waals surface area contributed by atoms with Crippen LogP contribution in [-0.4, -0.2) is 31.4 Å². The van der Waals surface area contributed by atoms with Crippen molar-refractivity contribution >= 4 is 5.65 Å². The van der Waals surface area contributed by atoms with Gasteiger partial charge in [0.25, 0.3) is 0 Å². The molecule has 7 heteroatoms. The number of imidazole rings is 1. The van der Waals surface area contributed by atoms with Gasteiger partial charge in [-0.2, -0.15) is 5.10 Å². The van der Waals surface area contributed by atoms with Gasteiger partial charge in [0.05, 0.1) is 28.7 Å². The van der Waals surface area contributed by atoms with Crippen molar-refractivity contribution in [3.8, 4) is 11.3 Å². The molecule has 1 aliphatic heterocycles. The molecular formula is C25H25FN4O2. The van der Waals surface area contributed by atoms with Crippen LogP contribution in [0.15, 0.2) is 54.6 Å². The van der Waals surface area contributed by atoms with Crippen LogP contribution in [0.25, 0.3) is 16.9 Å². The number of rotatable bonds is 3. The largest absolute Gasteiger partial charge is 0.386 e. The SMILES string of the molecule is Cc1cc(F)ccc1[C@H]1NC[C@@H](O)c2nc3ccc(-c4ccc(C(C)(C)O)cc4)nn3c21. The Bertz CT molecular complexity index is 1310. The zero-order chi connectivity index (χ0) is 22.6. The van der Waals surface area contributed by atoms with E-state index in [9.17, 15) is 14.6 Å². The molecule has 2 atom stereocenters. The summed E-state index contributed by atoms with van der Waals surface area (Å²) in [5.74, 6) is -0.282. The number of benzene rings is 2. The Hall–Kier alpha value is -3.13. The normalized spacial score (nSPS) is 18.7. The highest BCUT2D eigenvalue weighted by atomic mass is 19.1. The van der Waals surface area contributed by atoms with Crippen LogP contribution in [0, 0.1) is 12.7 Å². The Kier molecular flexibility index (Phi) is 4.85. The van der Waals surface area contributed by atoms with Gasteiger partial charge in [-0.15, -0.1) is 0 Å². The minimum absolute atomic E-state index is 0.274. The van der Waals surface area contributed by atoms with E-state index in [4.69, 9.17) is 5.10 Å². The van der Waals surface area contributed by atoms with Crippen molar-refractivity contribution in [1.82, 2.24) is 19.9 Å². The first-order valence-electron chi connectivity index (χ1n) is 10.6. The Balaban J connectivity index is 1.64. The first kappa shape index (κ1) is 20.8. The summed E-state index contributed by atoms with van der Waals surface area (Å²) in [6.07, 6.45) is -0.752. The van der Waals surface area contributed by atoms with Gasteiger partial charge in [-0.1, -0.05) is 30.3 Å². The van der Waals surface area contributed by atoms with E-state index in [2.05, 4.69) is 10.3 Å². The van der Waals surface area contributed by atoms with E-state index in [1.165, 1.54) is 12.1 Å². The highest BCUT2D eigenvalue weighted by molar-refractivity contribution is 5.61. The second kappa shape index (κ2) is 7.48. The molecule has 3 N–H and O–H groups in total. The fraction of sp³-hybridized carbons (Fsp3) is 0.280. The molecule has 3 heterocycles. The summed E-state index contributed by atoms with van der Waals surface area (Å²) in [6.45, 7) is 5.72.